The molecule has 0 amide bonds. The SMILES string of the molecule is CCCn1nc(C)c([N+](=O)[O-])c1NCC(C)(O)CC(C)C. The van der Waals surface area contributed by atoms with E-state index in [1.54, 1.807) is 18.5 Å². The van der Waals surface area contributed by atoms with E-state index in [9.17, 15) is 15.2 Å². The van der Waals surface area contributed by atoms with Crippen LogP contribution < -0.4 is 5.32 Å². The van der Waals surface area contributed by atoms with Crippen LogP contribution in [0.25, 0.3) is 0 Å². The Morgan fingerprint density at radius 3 is 2.62 bits per heavy atom. The van der Waals surface area contributed by atoms with Crippen LogP contribution in [0.15, 0.2) is 0 Å². The third-order valence-electron chi connectivity index (χ3n) is 3.20. The van der Waals surface area contributed by atoms with Crippen molar-refractivity contribution in [2.75, 3.05) is 11.9 Å². The van der Waals surface area contributed by atoms with Crippen molar-refractivity contribution in [1.82, 2.24) is 9.78 Å². The minimum atomic E-state index is -0.919. The first-order valence-electron chi connectivity index (χ1n) is 7.36. The van der Waals surface area contributed by atoms with Gasteiger partial charge in [-0.2, -0.15) is 5.10 Å². The van der Waals surface area contributed by atoms with Crippen LogP contribution in [0.2, 0.25) is 0 Å². The Morgan fingerprint density at radius 1 is 1.52 bits per heavy atom. The van der Waals surface area contributed by atoms with Gasteiger partial charge >= 0.3 is 5.69 Å². The maximum atomic E-state index is 11.2. The fourth-order valence-electron chi connectivity index (χ4n) is 2.56. The lowest BCUT2D eigenvalue weighted by Gasteiger charge is -2.26. The van der Waals surface area contributed by atoms with E-state index >= 15 is 0 Å². The zero-order valence-electron chi connectivity index (χ0n) is 13.5. The molecule has 1 rings (SSSR count). The van der Waals surface area contributed by atoms with Gasteiger partial charge in [-0.3, -0.25) is 10.1 Å². The Labute approximate surface area is 125 Å². The number of anilines is 1. The van der Waals surface area contributed by atoms with Crippen molar-refractivity contribution in [1.29, 1.82) is 0 Å². The number of nitrogens with zero attached hydrogens (tertiary/aromatic N) is 3. The number of aliphatic hydroxyl groups is 1. The Morgan fingerprint density at radius 2 is 2.14 bits per heavy atom. The van der Waals surface area contributed by atoms with Crippen molar-refractivity contribution in [2.24, 2.45) is 5.92 Å². The summed E-state index contributed by atoms with van der Waals surface area (Å²) in [6.07, 6.45) is 1.45. The molecule has 0 fully saturated rings. The molecule has 21 heavy (non-hydrogen) atoms. The molecule has 0 aliphatic heterocycles. The number of nitrogens with one attached hydrogen (secondary N) is 1. The molecule has 0 saturated heterocycles. The molecule has 7 nitrogen and oxygen atoms in total. The molecular weight excluding hydrogens is 272 g/mol. The molecule has 1 aromatic heterocycles. The summed E-state index contributed by atoms with van der Waals surface area (Å²) in [5, 5.41) is 28.8. The van der Waals surface area contributed by atoms with Gasteiger partial charge in [0.1, 0.15) is 5.69 Å². The number of aromatic nitrogens is 2. The van der Waals surface area contributed by atoms with Crippen molar-refractivity contribution in [2.45, 2.75) is 59.6 Å². The van der Waals surface area contributed by atoms with E-state index in [4.69, 9.17) is 0 Å². The van der Waals surface area contributed by atoms with Crippen LogP contribution in [0, 0.1) is 23.0 Å². The second-order valence-electron chi connectivity index (χ2n) is 6.21. The van der Waals surface area contributed by atoms with Crippen LogP contribution in [0.3, 0.4) is 0 Å². The molecule has 1 atom stereocenters. The number of hydrogen-bond donors (Lipinski definition) is 2. The molecule has 1 heterocycles. The highest BCUT2D eigenvalue weighted by molar-refractivity contribution is 5.59. The van der Waals surface area contributed by atoms with Crippen molar-refractivity contribution in [3.8, 4) is 0 Å². The summed E-state index contributed by atoms with van der Waals surface area (Å²) in [4.78, 5) is 10.8. The molecule has 0 aromatic carbocycles. The molecule has 0 aliphatic rings. The zero-order valence-corrected chi connectivity index (χ0v) is 13.5. The molecule has 1 unspecified atom stereocenters. The number of rotatable bonds is 8. The predicted octanol–water partition coefficient (Wildman–Crippen LogP) is 2.72. The van der Waals surface area contributed by atoms with Gasteiger partial charge in [0.15, 0.2) is 0 Å². The summed E-state index contributed by atoms with van der Waals surface area (Å²) in [7, 11) is 0. The van der Waals surface area contributed by atoms with Crippen molar-refractivity contribution in [3.05, 3.63) is 15.8 Å². The molecule has 1 aromatic rings. The fraction of sp³-hybridized carbons (Fsp3) is 0.786. The van der Waals surface area contributed by atoms with Crippen molar-refractivity contribution < 1.29 is 10.0 Å². The molecule has 0 spiro atoms. The number of nitro groups is 1. The van der Waals surface area contributed by atoms with E-state index in [0.29, 0.717) is 30.4 Å². The molecule has 2 N–H and O–H groups in total. The summed E-state index contributed by atoms with van der Waals surface area (Å²) in [5.74, 6) is 0.724. The maximum Gasteiger partial charge on any atom is 0.333 e. The van der Waals surface area contributed by atoms with Gasteiger partial charge in [0, 0.05) is 13.1 Å². The molecule has 0 bridgehead atoms. The second-order valence-corrected chi connectivity index (χ2v) is 6.21. The lowest BCUT2D eigenvalue weighted by molar-refractivity contribution is -0.384. The highest BCUT2D eigenvalue weighted by Gasteiger charge is 2.28. The number of hydrogen-bond acceptors (Lipinski definition) is 5. The summed E-state index contributed by atoms with van der Waals surface area (Å²) < 4.78 is 1.61. The van der Waals surface area contributed by atoms with Gasteiger partial charge < -0.3 is 10.4 Å². The molecule has 120 valence electrons. The standard InChI is InChI=1S/C14H26N4O3/c1-6-7-17-13(12(18(20)21)11(4)16-17)15-9-14(5,19)8-10(2)3/h10,15,19H,6-9H2,1-5H3. The van der Waals surface area contributed by atoms with E-state index in [0.717, 1.165) is 6.42 Å². The van der Waals surface area contributed by atoms with Gasteiger partial charge in [-0.25, -0.2) is 4.68 Å². The van der Waals surface area contributed by atoms with E-state index in [1.807, 2.05) is 20.8 Å². The van der Waals surface area contributed by atoms with Gasteiger partial charge in [0.05, 0.1) is 10.5 Å². The van der Waals surface area contributed by atoms with Crippen LogP contribution in [0.4, 0.5) is 11.5 Å². The highest BCUT2D eigenvalue weighted by Crippen LogP contribution is 2.29. The molecule has 0 saturated carbocycles. The summed E-state index contributed by atoms with van der Waals surface area (Å²) in [5.41, 5.74) is -0.541. The van der Waals surface area contributed by atoms with E-state index in [-0.39, 0.29) is 12.2 Å². The minimum Gasteiger partial charge on any atom is -0.388 e. The molecule has 0 aliphatic carbocycles. The maximum absolute atomic E-state index is 11.2. The fourth-order valence-corrected chi connectivity index (χ4v) is 2.56. The Bertz CT molecular complexity index is 495. The monoisotopic (exact) mass is 298 g/mol. The normalized spacial score (nSPS) is 14.2. The van der Waals surface area contributed by atoms with Gasteiger partial charge in [0.25, 0.3) is 0 Å². The van der Waals surface area contributed by atoms with Crippen LogP contribution in [0.5, 0.6) is 0 Å². The van der Waals surface area contributed by atoms with Crippen LogP contribution >= 0.6 is 0 Å². The van der Waals surface area contributed by atoms with E-state index in [1.165, 1.54) is 0 Å². The van der Waals surface area contributed by atoms with Crippen molar-refractivity contribution in [3.63, 3.8) is 0 Å². The average molecular weight is 298 g/mol. The van der Waals surface area contributed by atoms with Crippen molar-refractivity contribution >= 4 is 11.5 Å². The first kappa shape index (κ1) is 17.4. The van der Waals surface area contributed by atoms with Gasteiger partial charge in [0.2, 0.25) is 5.82 Å². The first-order valence-corrected chi connectivity index (χ1v) is 7.36. The number of aryl methyl sites for hydroxylation is 2. The quantitative estimate of drug-likeness (QED) is 0.568. The smallest absolute Gasteiger partial charge is 0.333 e. The van der Waals surface area contributed by atoms with E-state index in [2.05, 4.69) is 10.4 Å². The first-order chi connectivity index (χ1) is 9.68. The van der Waals surface area contributed by atoms with Crippen LogP contribution in [-0.4, -0.2) is 32.0 Å². The average Bonchev–Trinajstić information content (AvgIpc) is 2.61. The third-order valence-corrected chi connectivity index (χ3v) is 3.20. The predicted molar refractivity (Wildman–Crippen MR) is 82.5 cm³/mol. The lowest BCUT2D eigenvalue weighted by Crippen LogP contribution is -2.35. The van der Waals surface area contributed by atoms with Gasteiger partial charge in [-0.1, -0.05) is 20.8 Å². The van der Waals surface area contributed by atoms with Crippen LogP contribution in [-0.2, 0) is 6.54 Å². The second kappa shape index (κ2) is 6.89. The largest absolute Gasteiger partial charge is 0.388 e. The summed E-state index contributed by atoms with van der Waals surface area (Å²) in [6, 6.07) is 0. The van der Waals surface area contributed by atoms with Gasteiger partial charge in [-0.05, 0) is 32.6 Å². The zero-order chi connectivity index (χ0) is 16.2. The van der Waals surface area contributed by atoms with Crippen LogP contribution in [0.1, 0.15) is 46.2 Å². The lowest BCUT2D eigenvalue weighted by atomic mass is 9.94. The molecule has 0 radical (unpaired) electrons. The molecule has 7 heteroatoms. The minimum absolute atomic E-state index is 0.0104. The molecular formula is C14H26N4O3. The topological polar surface area (TPSA) is 93.2 Å². The van der Waals surface area contributed by atoms with Gasteiger partial charge in [-0.15, -0.1) is 0 Å². The summed E-state index contributed by atoms with van der Waals surface area (Å²) >= 11 is 0. The highest BCUT2D eigenvalue weighted by atomic mass is 16.6. The third kappa shape index (κ3) is 4.70. The summed E-state index contributed by atoms with van der Waals surface area (Å²) in [6.45, 7) is 10.3. The van der Waals surface area contributed by atoms with E-state index < -0.39 is 10.5 Å². The Hall–Kier alpha value is -1.63. The Balaban J connectivity index is 2.97. The Kier molecular flexibility index (Phi) is 5.71.